The Kier molecular flexibility index (Phi) is 15.3. The zero-order valence-electron chi connectivity index (χ0n) is 11.4. The molecule has 0 fully saturated rings. The summed E-state index contributed by atoms with van der Waals surface area (Å²) in [7, 11) is 6.52. The van der Waals surface area contributed by atoms with Crippen LogP contribution in [0.25, 0.3) is 0 Å². The Labute approximate surface area is 115 Å². The molecule has 0 saturated heterocycles. The molecule has 0 rings (SSSR count). The van der Waals surface area contributed by atoms with E-state index in [4.69, 9.17) is 8.58 Å². The molecule has 0 atom stereocenters. The van der Waals surface area contributed by atoms with Crippen molar-refractivity contribution in [2.45, 2.75) is 86.4 Å². The van der Waals surface area contributed by atoms with Crippen molar-refractivity contribution in [1.29, 1.82) is 0 Å². The van der Waals surface area contributed by atoms with E-state index in [9.17, 15) is 0 Å². The fourth-order valence-electron chi connectivity index (χ4n) is 2.08. The van der Waals surface area contributed by atoms with Gasteiger partial charge in [0.05, 0.1) is 0 Å². The van der Waals surface area contributed by atoms with Gasteiger partial charge in [0.2, 0.25) is 0 Å². The first-order chi connectivity index (χ1) is 7.81. The topological polar surface area (TPSA) is 0 Å². The van der Waals surface area contributed by atoms with Crippen LogP contribution in [0.5, 0.6) is 0 Å². The van der Waals surface area contributed by atoms with Gasteiger partial charge in [-0.1, -0.05) is 0 Å². The van der Waals surface area contributed by atoms with Gasteiger partial charge < -0.3 is 0 Å². The molecule has 0 aromatic heterocycles. The molecule has 0 aliphatic carbocycles. The van der Waals surface area contributed by atoms with E-state index >= 15 is 0 Å². The molecule has 0 heterocycles. The molecule has 0 saturated carbocycles. The minimum absolute atomic E-state index is 1.35. The van der Waals surface area contributed by atoms with Crippen LogP contribution in [0.2, 0.25) is 8.35 Å². The second-order valence-electron chi connectivity index (χ2n) is 5.00. The first-order valence-corrected chi connectivity index (χ1v) is 16.3. The Morgan fingerprint density at radius 1 is 0.625 bits per heavy atom. The summed E-state index contributed by atoms with van der Waals surface area (Å²) in [6.07, 6.45) is 14.1. The van der Waals surface area contributed by atoms with Crippen molar-refractivity contribution in [1.82, 2.24) is 0 Å². The van der Waals surface area contributed by atoms with Gasteiger partial charge in [-0.15, -0.1) is 0 Å². The molecule has 0 amide bonds. The van der Waals surface area contributed by atoms with Crippen LogP contribution in [0.1, 0.15) is 78.1 Å². The second kappa shape index (κ2) is 14.2. The predicted octanol–water partition coefficient (Wildman–Crippen LogP) is 6.16. The number of rotatable bonds is 12. The quantitative estimate of drug-likeness (QED) is 0.371. The Balaban J connectivity index is 3.09. The second-order valence-corrected chi connectivity index (χ2v) is 15.8. The Bertz CT molecular complexity index is 114. The SMILES string of the molecule is CCCCCC[CH2][In]([Cl])[CH2]CCCCCC. The molecular formula is C14H30ClIn. The summed E-state index contributed by atoms with van der Waals surface area (Å²) >= 11 is -1.49. The molecule has 0 aliphatic rings. The van der Waals surface area contributed by atoms with Gasteiger partial charge in [0, 0.05) is 0 Å². The van der Waals surface area contributed by atoms with Crippen LogP contribution in [0.15, 0.2) is 0 Å². The number of hydrogen-bond acceptors (Lipinski definition) is 0. The van der Waals surface area contributed by atoms with Gasteiger partial charge >= 0.3 is 115 Å². The molecule has 0 unspecified atom stereocenters. The average Bonchev–Trinajstić information content (AvgIpc) is 2.28. The fourth-order valence-corrected chi connectivity index (χ4v) is 9.15. The van der Waals surface area contributed by atoms with Crippen molar-refractivity contribution >= 4 is 28.8 Å². The van der Waals surface area contributed by atoms with Crippen LogP contribution < -0.4 is 0 Å². The summed E-state index contributed by atoms with van der Waals surface area (Å²) in [5.41, 5.74) is 0. The summed E-state index contributed by atoms with van der Waals surface area (Å²) in [6.45, 7) is 4.56. The summed E-state index contributed by atoms with van der Waals surface area (Å²) in [5.74, 6) is 0. The van der Waals surface area contributed by atoms with E-state index in [0.29, 0.717) is 0 Å². The van der Waals surface area contributed by atoms with E-state index in [1.54, 1.807) is 0 Å². The maximum atomic E-state index is 6.52. The van der Waals surface area contributed by atoms with Gasteiger partial charge in [-0.25, -0.2) is 0 Å². The fraction of sp³-hybridized carbons (Fsp3) is 1.00. The number of hydrogen-bond donors (Lipinski definition) is 0. The molecule has 2 heteroatoms. The molecule has 0 aromatic carbocycles. The summed E-state index contributed by atoms with van der Waals surface area (Å²) in [6, 6.07) is 0. The van der Waals surface area contributed by atoms with Crippen molar-refractivity contribution < 1.29 is 0 Å². The van der Waals surface area contributed by atoms with E-state index in [2.05, 4.69) is 13.8 Å². The third kappa shape index (κ3) is 13.2. The summed E-state index contributed by atoms with van der Waals surface area (Å²) < 4.78 is 2.89. The van der Waals surface area contributed by atoms with Gasteiger partial charge in [-0.2, -0.15) is 0 Å². The zero-order valence-corrected chi connectivity index (χ0v) is 15.5. The third-order valence-corrected chi connectivity index (χ3v) is 12.1. The average molecular weight is 349 g/mol. The van der Waals surface area contributed by atoms with E-state index in [-0.39, 0.29) is 0 Å². The van der Waals surface area contributed by atoms with Crippen LogP contribution in [0.4, 0.5) is 0 Å². The molecule has 16 heavy (non-hydrogen) atoms. The van der Waals surface area contributed by atoms with Crippen LogP contribution >= 0.6 is 8.58 Å². The Hall–Kier alpha value is 1.16. The Morgan fingerprint density at radius 2 is 1.00 bits per heavy atom. The molecule has 0 aliphatic heterocycles. The molecular weight excluding hydrogens is 318 g/mol. The van der Waals surface area contributed by atoms with Gasteiger partial charge in [0.1, 0.15) is 0 Å². The third-order valence-electron chi connectivity index (χ3n) is 3.24. The van der Waals surface area contributed by atoms with E-state index in [1.165, 1.54) is 72.6 Å². The van der Waals surface area contributed by atoms with Gasteiger partial charge in [0.15, 0.2) is 0 Å². The molecule has 0 N–H and O–H groups in total. The molecule has 96 valence electrons. The van der Waals surface area contributed by atoms with Gasteiger partial charge in [-0.05, 0) is 0 Å². The van der Waals surface area contributed by atoms with Crippen molar-refractivity contribution in [3.63, 3.8) is 0 Å². The van der Waals surface area contributed by atoms with Crippen LogP contribution in [0, 0.1) is 0 Å². The number of halogens is 1. The molecule has 0 spiro atoms. The maximum absolute atomic E-state index is 6.52. The van der Waals surface area contributed by atoms with Crippen molar-refractivity contribution in [2.24, 2.45) is 0 Å². The minimum atomic E-state index is -1.49. The van der Waals surface area contributed by atoms with Gasteiger partial charge in [0.25, 0.3) is 0 Å². The van der Waals surface area contributed by atoms with Crippen molar-refractivity contribution in [2.75, 3.05) is 0 Å². The van der Waals surface area contributed by atoms with E-state index in [1.807, 2.05) is 0 Å². The van der Waals surface area contributed by atoms with Crippen LogP contribution in [0.3, 0.4) is 0 Å². The monoisotopic (exact) mass is 348 g/mol. The molecule has 0 nitrogen and oxygen atoms in total. The van der Waals surface area contributed by atoms with Gasteiger partial charge in [-0.3, -0.25) is 0 Å². The first kappa shape index (κ1) is 17.2. The van der Waals surface area contributed by atoms with E-state index < -0.39 is 20.3 Å². The zero-order chi connectivity index (χ0) is 12.1. The normalized spacial score (nSPS) is 10.7. The first-order valence-electron chi connectivity index (χ1n) is 7.45. The molecule has 0 aromatic rings. The Morgan fingerprint density at radius 3 is 1.38 bits per heavy atom. The predicted molar refractivity (Wildman–Crippen MR) is 78.7 cm³/mol. The van der Waals surface area contributed by atoms with Crippen LogP contribution in [-0.2, 0) is 0 Å². The number of unbranched alkanes of at least 4 members (excludes halogenated alkanes) is 8. The standard InChI is InChI=1S/2C7H15.ClH.In/c2*1-3-5-7-6-4-2;;/h2*1,3-7H2,2H3;1H;/q;;;+1/p-1. The van der Waals surface area contributed by atoms with E-state index in [0.717, 1.165) is 0 Å². The molecule has 0 bridgehead atoms. The van der Waals surface area contributed by atoms with Crippen molar-refractivity contribution in [3.8, 4) is 0 Å². The van der Waals surface area contributed by atoms with Crippen molar-refractivity contribution in [3.05, 3.63) is 0 Å². The summed E-state index contributed by atoms with van der Waals surface area (Å²) in [5, 5.41) is 0. The van der Waals surface area contributed by atoms with Crippen LogP contribution in [-0.4, -0.2) is 20.3 Å². The summed E-state index contributed by atoms with van der Waals surface area (Å²) in [4.78, 5) is 0. The molecule has 0 radical (unpaired) electrons.